The monoisotopic (exact) mass is 154 g/mol. The van der Waals surface area contributed by atoms with E-state index in [9.17, 15) is 4.79 Å². The molecule has 11 heavy (non-hydrogen) atoms. The molecule has 0 spiro atoms. The molecule has 1 aliphatic carbocycles. The highest BCUT2D eigenvalue weighted by Gasteiger charge is 2.28. The lowest BCUT2D eigenvalue weighted by molar-refractivity contribution is -0.120. The van der Waals surface area contributed by atoms with Gasteiger partial charge >= 0.3 is 0 Å². The molecule has 0 unspecified atom stereocenters. The van der Waals surface area contributed by atoms with Gasteiger partial charge in [-0.2, -0.15) is 0 Å². The Morgan fingerprint density at radius 2 is 1.91 bits per heavy atom. The highest BCUT2D eigenvalue weighted by Crippen LogP contribution is 2.37. The van der Waals surface area contributed by atoms with Crippen molar-refractivity contribution in [2.75, 3.05) is 0 Å². The zero-order chi connectivity index (χ0) is 8.32. The second kappa shape index (κ2) is 3.24. The fourth-order valence-corrected chi connectivity index (χ4v) is 1.85. The molecule has 0 bridgehead atoms. The second-order valence-electron chi connectivity index (χ2n) is 3.70. The third kappa shape index (κ3) is 2.52. The quantitative estimate of drug-likeness (QED) is 0.645. The fourth-order valence-electron chi connectivity index (χ4n) is 1.85. The molecule has 2 heteroatoms. The minimum Gasteiger partial charge on any atom is -0.370 e. The molecule has 1 radical (unpaired) electrons. The Morgan fingerprint density at radius 3 is 2.36 bits per heavy atom. The first-order chi connectivity index (χ1) is 5.12. The molecular weight excluding hydrogens is 138 g/mol. The van der Waals surface area contributed by atoms with Crippen molar-refractivity contribution in [2.45, 2.75) is 38.5 Å². The average Bonchev–Trinajstić information content (AvgIpc) is 1.85. The fraction of sp³-hybridized carbons (Fsp3) is 0.778. The summed E-state index contributed by atoms with van der Waals surface area (Å²) >= 11 is 0. The summed E-state index contributed by atoms with van der Waals surface area (Å²) in [6, 6.07) is 0. The van der Waals surface area contributed by atoms with E-state index < -0.39 is 0 Å². The number of carbonyl (C=O) groups is 1. The van der Waals surface area contributed by atoms with Crippen molar-refractivity contribution in [3.8, 4) is 0 Å². The minimum atomic E-state index is -0.207. The van der Waals surface area contributed by atoms with Crippen LogP contribution in [0.5, 0.6) is 0 Å². The Balaban J connectivity index is 2.43. The molecule has 0 aromatic heterocycles. The van der Waals surface area contributed by atoms with Gasteiger partial charge in [0.25, 0.3) is 0 Å². The molecule has 0 aromatic rings. The Bertz CT molecular complexity index is 148. The maximum Gasteiger partial charge on any atom is 0.217 e. The maximum atomic E-state index is 10.7. The third-order valence-corrected chi connectivity index (χ3v) is 2.46. The van der Waals surface area contributed by atoms with Crippen LogP contribution >= 0.6 is 0 Å². The molecule has 1 rings (SSSR count). The number of rotatable bonds is 2. The molecule has 1 saturated carbocycles. The molecule has 2 N–H and O–H groups in total. The molecule has 1 fully saturated rings. The van der Waals surface area contributed by atoms with Crippen LogP contribution < -0.4 is 5.73 Å². The highest BCUT2D eigenvalue weighted by atomic mass is 16.1. The minimum absolute atomic E-state index is 0.0237. The number of hydrogen-bond donors (Lipinski definition) is 1. The van der Waals surface area contributed by atoms with Crippen LogP contribution in [0.3, 0.4) is 0 Å². The summed E-state index contributed by atoms with van der Waals surface area (Å²) in [5, 5.41) is 0. The number of carbonyl (C=O) groups excluding carboxylic acids is 1. The van der Waals surface area contributed by atoms with Crippen LogP contribution in [0.15, 0.2) is 0 Å². The van der Waals surface area contributed by atoms with E-state index in [2.05, 4.69) is 6.92 Å². The van der Waals surface area contributed by atoms with Crippen molar-refractivity contribution in [1.82, 2.24) is 0 Å². The van der Waals surface area contributed by atoms with Gasteiger partial charge in [-0.25, -0.2) is 0 Å². The third-order valence-electron chi connectivity index (χ3n) is 2.46. The summed E-state index contributed by atoms with van der Waals surface area (Å²) < 4.78 is 0. The number of amides is 1. The van der Waals surface area contributed by atoms with Gasteiger partial charge < -0.3 is 5.73 Å². The van der Waals surface area contributed by atoms with Crippen molar-refractivity contribution in [1.29, 1.82) is 0 Å². The van der Waals surface area contributed by atoms with Gasteiger partial charge in [0.05, 0.1) is 0 Å². The molecular formula is C9H16NO. The molecule has 0 aliphatic heterocycles. The number of primary amides is 1. The Labute approximate surface area is 68.2 Å². The van der Waals surface area contributed by atoms with Gasteiger partial charge in [-0.05, 0) is 25.2 Å². The van der Waals surface area contributed by atoms with E-state index in [4.69, 9.17) is 5.73 Å². The standard InChI is InChI=1S/C9H16NO/c1-9(7-8(10)11)5-3-2-4-6-9/h1-7H2,(H2,10,11). The highest BCUT2D eigenvalue weighted by molar-refractivity contribution is 5.74. The Kier molecular flexibility index (Phi) is 2.53. The van der Waals surface area contributed by atoms with E-state index in [0.717, 1.165) is 12.8 Å². The molecule has 63 valence electrons. The van der Waals surface area contributed by atoms with Gasteiger partial charge in [0, 0.05) is 6.42 Å². The lowest BCUT2D eigenvalue weighted by Crippen LogP contribution is -2.27. The Morgan fingerprint density at radius 1 is 1.36 bits per heavy atom. The molecule has 1 amide bonds. The van der Waals surface area contributed by atoms with Gasteiger partial charge in [-0.15, -0.1) is 0 Å². The molecule has 0 atom stereocenters. The lowest BCUT2D eigenvalue weighted by Gasteiger charge is -2.31. The SMILES string of the molecule is [CH2]C1(CC(N)=O)CCCCC1. The normalized spacial score (nSPS) is 23.0. The van der Waals surface area contributed by atoms with Crippen molar-refractivity contribution in [3.05, 3.63) is 6.92 Å². The molecule has 0 heterocycles. The first kappa shape index (κ1) is 8.57. The van der Waals surface area contributed by atoms with E-state index >= 15 is 0 Å². The van der Waals surface area contributed by atoms with E-state index in [1.165, 1.54) is 19.3 Å². The predicted molar refractivity (Wildman–Crippen MR) is 44.7 cm³/mol. The summed E-state index contributed by atoms with van der Waals surface area (Å²) in [7, 11) is 0. The molecule has 0 aromatic carbocycles. The van der Waals surface area contributed by atoms with E-state index in [1.807, 2.05) is 0 Å². The van der Waals surface area contributed by atoms with E-state index in [1.54, 1.807) is 0 Å². The van der Waals surface area contributed by atoms with Crippen LogP contribution in [-0.4, -0.2) is 5.91 Å². The summed E-state index contributed by atoms with van der Waals surface area (Å²) in [6.07, 6.45) is 6.29. The lowest BCUT2D eigenvalue weighted by atomic mass is 9.73. The zero-order valence-electron chi connectivity index (χ0n) is 6.94. The van der Waals surface area contributed by atoms with Crippen LogP contribution in [0.1, 0.15) is 38.5 Å². The van der Waals surface area contributed by atoms with Crippen LogP contribution in [0.25, 0.3) is 0 Å². The van der Waals surface area contributed by atoms with Crippen LogP contribution in [0.4, 0.5) is 0 Å². The summed E-state index contributed by atoms with van der Waals surface area (Å²) in [4.78, 5) is 10.7. The summed E-state index contributed by atoms with van der Waals surface area (Å²) in [6.45, 7) is 4.07. The van der Waals surface area contributed by atoms with Gasteiger partial charge in [0.2, 0.25) is 5.91 Å². The topological polar surface area (TPSA) is 43.1 Å². The van der Waals surface area contributed by atoms with Crippen LogP contribution in [0, 0.1) is 12.3 Å². The maximum absolute atomic E-state index is 10.7. The number of nitrogens with two attached hydrogens (primary N) is 1. The first-order valence-corrected chi connectivity index (χ1v) is 4.26. The van der Waals surface area contributed by atoms with Gasteiger partial charge in [-0.1, -0.05) is 19.3 Å². The first-order valence-electron chi connectivity index (χ1n) is 4.26. The van der Waals surface area contributed by atoms with Crippen molar-refractivity contribution >= 4 is 5.91 Å². The summed E-state index contributed by atoms with van der Waals surface area (Å²) in [5.74, 6) is -0.207. The average molecular weight is 154 g/mol. The molecule has 1 aliphatic rings. The smallest absolute Gasteiger partial charge is 0.217 e. The largest absolute Gasteiger partial charge is 0.370 e. The van der Waals surface area contributed by atoms with Crippen molar-refractivity contribution in [3.63, 3.8) is 0 Å². The van der Waals surface area contributed by atoms with Crippen molar-refractivity contribution in [2.24, 2.45) is 11.1 Å². The second-order valence-corrected chi connectivity index (χ2v) is 3.70. The van der Waals surface area contributed by atoms with E-state index in [0.29, 0.717) is 6.42 Å². The van der Waals surface area contributed by atoms with Crippen LogP contribution in [-0.2, 0) is 4.79 Å². The van der Waals surface area contributed by atoms with Gasteiger partial charge in [0.15, 0.2) is 0 Å². The summed E-state index contributed by atoms with van der Waals surface area (Å²) in [5.41, 5.74) is 5.11. The van der Waals surface area contributed by atoms with Crippen LogP contribution in [0.2, 0.25) is 0 Å². The van der Waals surface area contributed by atoms with Crippen molar-refractivity contribution < 1.29 is 4.79 Å². The Hall–Kier alpha value is -0.530. The predicted octanol–water partition coefficient (Wildman–Crippen LogP) is 1.65. The van der Waals surface area contributed by atoms with E-state index in [-0.39, 0.29) is 11.3 Å². The van der Waals surface area contributed by atoms with Gasteiger partial charge in [0.1, 0.15) is 0 Å². The number of hydrogen-bond acceptors (Lipinski definition) is 1. The molecule has 2 nitrogen and oxygen atoms in total. The zero-order valence-corrected chi connectivity index (χ0v) is 6.94. The molecule has 0 saturated heterocycles. The van der Waals surface area contributed by atoms with Gasteiger partial charge in [-0.3, -0.25) is 4.79 Å².